The van der Waals surface area contributed by atoms with Gasteiger partial charge in [0.1, 0.15) is 11.4 Å². The maximum atomic E-state index is 10.9. The zero-order valence-electron chi connectivity index (χ0n) is 11.9. The minimum absolute atomic E-state index is 0.0686. The van der Waals surface area contributed by atoms with Crippen molar-refractivity contribution in [2.45, 2.75) is 6.54 Å². The van der Waals surface area contributed by atoms with E-state index in [1.165, 1.54) is 6.07 Å². The van der Waals surface area contributed by atoms with Crippen LogP contribution >= 0.6 is 0 Å². The van der Waals surface area contributed by atoms with Gasteiger partial charge in [0, 0.05) is 25.2 Å². The Kier molecular flexibility index (Phi) is 4.27. The highest BCUT2D eigenvalue weighted by Crippen LogP contribution is 2.30. The Morgan fingerprint density at radius 1 is 1.24 bits per heavy atom. The van der Waals surface area contributed by atoms with Gasteiger partial charge in [0.05, 0.1) is 17.7 Å². The Bertz CT molecular complexity index is 658. The molecule has 0 fully saturated rings. The summed E-state index contributed by atoms with van der Waals surface area (Å²) in [4.78, 5) is 12.4. The van der Waals surface area contributed by atoms with Gasteiger partial charge in [0.2, 0.25) is 0 Å². The van der Waals surface area contributed by atoms with E-state index in [2.05, 4.69) is 0 Å². The highest BCUT2D eigenvalue weighted by Gasteiger charge is 2.16. The molecule has 6 heteroatoms. The molecular formula is C15H17N3O3. The zero-order chi connectivity index (χ0) is 15.4. The van der Waals surface area contributed by atoms with Crippen molar-refractivity contribution in [2.24, 2.45) is 0 Å². The molecule has 21 heavy (non-hydrogen) atoms. The van der Waals surface area contributed by atoms with E-state index in [1.54, 1.807) is 19.2 Å². The lowest BCUT2D eigenvalue weighted by molar-refractivity contribution is -0.383. The highest BCUT2D eigenvalue weighted by molar-refractivity contribution is 5.65. The molecule has 0 spiro atoms. The number of ether oxygens (including phenoxy) is 1. The van der Waals surface area contributed by atoms with Gasteiger partial charge in [-0.05, 0) is 12.1 Å². The molecule has 0 aliphatic carbocycles. The zero-order valence-corrected chi connectivity index (χ0v) is 11.9. The van der Waals surface area contributed by atoms with Gasteiger partial charge < -0.3 is 15.4 Å². The molecular weight excluding hydrogens is 270 g/mol. The number of hydrogen-bond donors (Lipinski definition) is 1. The van der Waals surface area contributed by atoms with Gasteiger partial charge >= 0.3 is 0 Å². The number of nitro groups is 1. The van der Waals surface area contributed by atoms with Crippen molar-refractivity contribution in [1.29, 1.82) is 0 Å². The van der Waals surface area contributed by atoms with E-state index in [0.29, 0.717) is 12.1 Å². The molecule has 110 valence electrons. The van der Waals surface area contributed by atoms with Crippen molar-refractivity contribution in [2.75, 3.05) is 24.8 Å². The number of hydrogen-bond acceptors (Lipinski definition) is 5. The van der Waals surface area contributed by atoms with E-state index in [0.717, 1.165) is 11.4 Å². The summed E-state index contributed by atoms with van der Waals surface area (Å²) in [6, 6.07) is 12.4. The van der Waals surface area contributed by atoms with E-state index in [4.69, 9.17) is 10.5 Å². The van der Waals surface area contributed by atoms with Crippen molar-refractivity contribution in [3.63, 3.8) is 0 Å². The van der Waals surface area contributed by atoms with Crippen molar-refractivity contribution in [3.8, 4) is 5.75 Å². The third-order valence-electron chi connectivity index (χ3n) is 3.27. The summed E-state index contributed by atoms with van der Waals surface area (Å²) in [6.45, 7) is 0.452. The number of para-hydroxylation sites is 3. The van der Waals surface area contributed by atoms with Crippen molar-refractivity contribution in [3.05, 3.63) is 58.1 Å². The quantitative estimate of drug-likeness (QED) is 0.519. The summed E-state index contributed by atoms with van der Waals surface area (Å²) in [7, 11) is 3.49. The molecule has 0 amide bonds. The molecule has 2 rings (SSSR count). The SMILES string of the molecule is COc1ccccc1N(C)Cc1cccc([N+](=O)[O-])c1N. The van der Waals surface area contributed by atoms with Crippen LogP contribution in [0.4, 0.5) is 17.1 Å². The van der Waals surface area contributed by atoms with Crippen LogP contribution in [0.3, 0.4) is 0 Å². The van der Waals surface area contributed by atoms with Crippen molar-refractivity contribution >= 4 is 17.1 Å². The summed E-state index contributed by atoms with van der Waals surface area (Å²) < 4.78 is 5.32. The van der Waals surface area contributed by atoms with E-state index < -0.39 is 4.92 Å². The van der Waals surface area contributed by atoms with Crippen LogP contribution in [-0.4, -0.2) is 19.1 Å². The molecule has 0 aromatic heterocycles. The smallest absolute Gasteiger partial charge is 0.292 e. The lowest BCUT2D eigenvalue weighted by Gasteiger charge is -2.22. The van der Waals surface area contributed by atoms with Gasteiger partial charge in [0.25, 0.3) is 5.69 Å². The fourth-order valence-corrected chi connectivity index (χ4v) is 2.18. The molecule has 0 unspecified atom stereocenters. The van der Waals surface area contributed by atoms with Crippen LogP contribution in [0.25, 0.3) is 0 Å². The molecule has 0 aliphatic rings. The van der Waals surface area contributed by atoms with E-state index in [-0.39, 0.29) is 11.4 Å². The van der Waals surface area contributed by atoms with Crippen LogP contribution in [0.1, 0.15) is 5.56 Å². The van der Waals surface area contributed by atoms with Crippen LogP contribution < -0.4 is 15.4 Å². The lowest BCUT2D eigenvalue weighted by Crippen LogP contribution is -2.18. The Hall–Kier alpha value is -2.76. The van der Waals surface area contributed by atoms with Crippen LogP contribution in [0.5, 0.6) is 5.75 Å². The predicted molar refractivity (Wildman–Crippen MR) is 82.6 cm³/mol. The molecule has 6 nitrogen and oxygen atoms in total. The first kappa shape index (κ1) is 14.6. The fourth-order valence-electron chi connectivity index (χ4n) is 2.18. The Labute approximate surface area is 122 Å². The summed E-state index contributed by atoms with van der Waals surface area (Å²) in [5, 5.41) is 10.9. The number of benzene rings is 2. The van der Waals surface area contributed by atoms with Crippen molar-refractivity contribution < 1.29 is 9.66 Å². The lowest BCUT2D eigenvalue weighted by atomic mass is 10.1. The molecule has 0 aliphatic heterocycles. The number of nitrogens with two attached hydrogens (primary N) is 1. The maximum absolute atomic E-state index is 10.9. The molecule has 2 aromatic carbocycles. The first-order chi connectivity index (χ1) is 10.0. The summed E-state index contributed by atoms with van der Waals surface area (Å²) in [6.07, 6.45) is 0. The standard InChI is InChI=1S/C15H17N3O3/c1-17(12-7-3-4-9-14(12)21-2)10-11-6-5-8-13(15(11)16)18(19)20/h3-9H,10,16H2,1-2H3. The average molecular weight is 287 g/mol. The minimum atomic E-state index is -0.470. The number of nitrogens with zero attached hydrogens (tertiary/aromatic N) is 2. The van der Waals surface area contributed by atoms with Crippen molar-refractivity contribution in [1.82, 2.24) is 0 Å². The predicted octanol–water partition coefficient (Wildman–Crippen LogP) is 2.82. The van der Waals surface area contributed by atoms with Gasteiger partial charge in [-0.25, -0.2) is 0 Å². The maximum Gasteiger partial charge on any atom is 0.292 e. The third-order valence-corrected chi connectivity index (χ3v) is 3.27. The molecule has 0 heterocycles. The number of methoxy groups -OCH3 is 1. The van der Waals surface area contributed by atoms with E-state index in [1.807, 2.05) is 36.2 Å². The summed E-state index contributed by atoms with van der Waals surface area (Å²) in [5.74, 6) is 0.740. The second-order valence-corrected chi connectivity index (χ2v) is 4.63. The summed E-state index contributed by atoms with van der Waals surface area (Å²) in [5.41, 5.74) is 7.61. The molecule has 0 saturated carbocycles. The Morgan fingerprint density at radius 2 is 1.95 bits per heavy atom. The topological polar surface area (TPSA) is 81.6 Å². The molecule has 0 saturated heterocycles. The van der Waals surface area contributed by atoms with Crippen LogP contribution in [0.2, 0.25) is 0 Å². The Balaban J connectivity index is 2.30. The summed E-state index contributed by atoms with van der Waals surface area (Å²) >= 11 is 0. The third kappa shape index (κ3) is 3.05. The van der Waals surface area contributed by atoms with Gasteiger partial charge in [-0.15, -0.1) is 0 Å². The number of nitrogen functional groups attached to an aromatic ring is 1. The number of nitro benzene ring substituents is 1. The van der Waals surface area contributed by atoms with Crippen LogP contribution in [-0.2, 0) is 6.54 Å². The second-order valence-electron chi connectivity index (χ2n) is 4.63. The van der Waals surface area contributed by atoms with E-state index >= 15 is 0 Å². The number of rotatable bonds is 5. The van der Waals surface area contributed by atoms with Gasteiger partial charge in [-0.3, -0.25) is 10.1 Å². The van der Waals surface area contributed by atoms with E-state index in [9.17, 15) is 10.1 Å². The monoisotopic (exact) mass is 287 g/mol. The molecule has 0 atom stereocenters. The Morgan fingerprint density at radius 3 is 2.62 bits per heavy atom. The molecule has 0 radical (unpaired) electrons. The first-order valence-electron chi connectivity index (χ1n) is 6.40. The molecule has 0 bridgehead atoms. The van der Waals surface area contributed by atoms with Gasteiger partial charge in [-0.2, -0.15) is 0 Å². The molecule has 2 aromatic rings. The van der Waals surface area contributed by atoms with Crippen LogP contribution in [0.15, 0.2) is 42.5 Å². The largest absolute Gasteiger partial charge is 0.495 e. The first-order valence-corrected chi connectivity index (χ1v) is 6.40. The van der Waals surface area contributed by atoms with Gasteiger partial charge in [-0.1, -0.05) is 24.3 Å². The minimum Gasteiger partial charge on any atom is -0.495 e. The van der Waals surface area contributed by atoms with Gasteiger partial charge in [0.15, 0.2) is 0 Å². The highest BCUT2D eigenvalue weighted by atomic mass is 16.6. The normalized spacial score (nSPS) is 10.2. The molecule has 2 N–H and O–H groups in total. The second kappa shape index (κ2) is 6.13. The van der Waals surface area contributed by atoms with Crippen LogP contribution in [0, 0.1) is 10.1 Å². The number of anilines is 2. The average Bonchev–Trinajstić information content (AvgIpc) is 2.48. The fraction of sp³-hybridized carbons (Fsp3) is 0.200.